The number of nitrogens with zero attached hydrogens (tertiary/aromatic N) is 5. The van der Waals surface area contributed by atoms with Gasteiger partial charge in [-0.15, -0.1) is 11.3 Å². The molecular weight excluding hydrogens is 570 g/mol. The van der Waals surface area contributed by atoms with E-state index >= 15 is 0 Å². The summed E-state index contributed by atoms with van der Waals surface area (Å²) in [5.41, 5.74) is 8.16. The monoisotopic (exact) mass is 599 g/mol. The molecule has 0 spiro atoms. The van der Waals surface area contributed by atoms with Crippen LogP contribution in [0.25, 0.3) is 54.2 Å². The van der Waals surface area contributed by atoms with Gasteiger partial charge in [0.25, 0.3) is 0 Å². The van der Waals surface area contributed by atoms with Crippen molar-refractivity contribution < 1.29 is 15.0 Å². The number of hydrogen-bond donors (Lipinski definition) is 2. The third-order valence-electron chi connectivity index (χ3n) is 6.37. The molecule has 10 heteroatoms. The van der Waals surface area contributed by atoms with Gasteiger partial charge in [0.1, 0.15) is 10.5 Å². The number of hydrogen-bond acceptors (Lipinski definition) is 7. The van der Waals surface area contributed by atoms with E-state index in [2.05, 4.69) is 15.1 Å². The van der Waals surface area contributed by atoms with Crippen molar-refractivity contribution in [1.82, 2.24) is 24.7 Å². The third kappa shape index (κ3) is 6.49. The Kier molecular flexibility index (Phi) is 8.10. The highest BCUT2D eigenvalue weighted by atomic mass is 35.5. The highest BCUT2D eigenvalue weighted by Crippen LogP contribution is 2.41. The number of aliphatic carboxylic acids is 1. The molecule has 2 aromatic carbocycles. The molecule has 0 aliphatic carbocycles. The van der Waals surface area contributed by atoms with Crippen molar-refractivity contribution in [3.05, 3.63) is 83.3 Å². The number of thiazole rings is 1. The van der Waals surface area contributed by atoms with E-state index in [0.717, 1.165) is 65.3 Å². The number of carboxylic acids is 1. The summed E-state index contributed by atoms with van der Waals surface area (Å²) >= 11 is 7.68. The minimum Gasteiger partial charge on any atom is -0.481 e. The van der Waals surface area contributed by atoms with Crippen LogP contribution in [0.3, 0.4) is 0 Å². The van der Waals surface area contributed by atoms with Gasteiger partial charge in [0, 0.05) is 41.2 Å². The van der Waals surface area contributed by atoms with Gasteiger partial charge < -0.3 is 10.2 Å². The summed E-state index contributed by atoms with van der Waals surface area (Å²) in [7, 11) is 1.89. The van der Waals surface area contributed by atoms with E-state index in [0.29, 0.717) is 5.02 Å². The van der Waals surface area contributed by atoms with Gasteiger partial charge >= 0.3 is 5.97 Å². The lowest BCUT2D eigenvalue weighted by atomic mass is 9.93. The van der Waals surface area contributed by atoms with Gasteiger partial charge in [0.15, 0.2) is 0 Å². The molecule has 6 rings (SSSR count). The molecular formula is C32H30ClN5O3S. The highest BCUT2D eigenvalue weighted by molar-refractivity contribution is 7.22. The number of carboxylic acid groups (broad SMARTS) is 1. The van der Waals surface area contributed by atoms with Crippen molar-refractivity contribution in [1.29, 1.82) is 0 Å². The highest BCUT2D eigenvalue weighted by Gasteiger charge is 2.20. The SMILES string of the molecule is CC(C)(C)O.Cc1cc2nc(-c3ccnc(-c4cnc5cnn(C)c5c4)c3)sc2c(-c2ccc(Cl)cc2)c1CC(=O)O. The Hall–Kier alpha value is -4.18. The molecule has 4 heterocycles. The summed E-state index contributed by atoms with van der Waals surface area (Å²) in [6.07, 6.45) is 5.23. The number of carbonyl (C=O) groups is 1. The Morgan fingerprint density at radius 3 is 2.38 bits per heavy atom. The number of aliphatic hydroxyl groups is 1. The van der Waals surface area contributed by atoms with E-state index < -0.39 is 11.6 Å². The van der Waals surface area contributed by atoms with E-state index in [1.807, 2.05) is 62.5 Å². The van der Waals surface area contributed by atoms with Crippen LogP contribution in [0, 0.1) is 6.92 Å². The first-order chi connectivity index (χ1) is 19.9. The lowest BCUT2D eigenvalue weighted by Crippen LogP contribution is -2.10. The molecule has 6 aromatic rings. The predicted octanol–water partition coefficient (Wildman–Crippen LogP) is 7.34. The van der Waals surface area contributed by atoms with Gasteiger partial charge in [-0.25, -0.2) is 4.98 Å². The standard InChI is InChI=1S/C28H20ClN5O2S.C4H10O/c1-15-9-22-27(26(20(15)12-25(35)36)16-3-5-19(29)6-4-16)37-28(33-22)17-7-8-30-21(10-17)18-11-24-23(31-13-18)14-32-34(24)2;1-4(2,3)5/h3-11,13-14H,12H2,1-2H3,(H,35,36);5H,1-3H3. The Labute approximate surface area is 252 Å². The van der Waals surface area contributed by atoms with Crippen LogP contribution in [0.15, 0.2) is 67.1 Å². The van der Waals surface area contributed by atoms with E-state index in [9.17, 15) is 9.90 Å². The second-order valence-electron chi connectivity index (χ2n) is 11.0. The molecule has 0 amide bonds. The minimum atomic E-state index is -0.875. The Balaban J connectivity index is 0.000000652. The molecule has 0 saturated carbocycles. The topological polar surface area (TPSA) is 114 Å². The molecule has 4 aromatic heterocycles. The lowest BCUT2D eigenvalue weighted by molar-refractivity contribution is -0.136. The molecule has 0 aliphatic rings. The fourth-order valence-electron chi connectivity index (χ4n) is 4.55. The van der Waals surface area contributed by atoms with E-state index in [4.69, 9.17) is 21.7 Å². The zero-order valence-electron chi connectivity index (χ0n) is 23.9. The van der Waals surface area contributed by atoms with Crippen molar-refractivity contribution in [2.75, 3.05) is 0 Å². The molecule has 0 saturated heterocycles. The van der Waals surface area contributed by atoms with Crippen molar-refractivity contribution in [2.24, 2.45) is 7.05 Å². The molecule has 2 N–H and O–H groups in total. The zero-order valence-corrected chi connectivity index (χ0v) is 25.5. The summed E-state index contributed by atoms with van der Waals surface area (Å²) in [4.78, 5) is 25.8. The van der Waals surface area contributed by atoms with Crippen LogP contribution in [0.4, 0.5) is 0 Å². The van der Waals surface area contributed by atoms with Crippen LogP contribution >= 0.6 is 22.9 Å². The molecule has 42 heavy (non-hydrogen) atoms. The van der Waals surface area contributed by atoms with Crippen molar-refractivity contribution in [3.8, 4) is 33.0 Å². The third-order valence-corrected chi connectivity index (χ3v) is 7.76. The van der Waals surface area contributed by atoms with E-state index in [1.165, 1.54) is 0 Å². The Bertz CT molecular complexity index is 1920. The lowest BCUT2D eigenvalue weighted by Gasteiger charge is -2.13. The molecule has 0 aliphatic heterocycles. The number of benzene rings is 2. The number of aryl methyl sites for hydroxylation is 2. The van der Waals surface area contributed by atoms with Crippen LogP contribution in [0.1, 0.15) is 31.9 Å². The van der Waals surface area contributed by atoms with Crippen molar-refractivity contribution in [3.63, 3.8) is 0 Å². The summed E-state index contributed by atoms with van der Waals surface area (Å²) in [5, 5.41) is 23.9. The van der Waals surface area contributed by atoms with Gasteiger partial charge in [0.05, 0.1) is 39.6 Å². The number of rotatable bonds is 5. The fraction of sp³-hybridized carbons (Fsp3) is 0.219. The zero-order chi connectivity index (χ0) is 30.2. The number of aromatic nitrogens is 5. The number of halogens is 1. The minimum absolute atomic E-state index is 0.0736. The first kappa shape index (κ1) is 29.3. The summed E-state index contributed by atoms with van der Waals surface area (Å²) in [5.74, 6) is -0.875. The average Bonchev–Trinajstić information content (AvgIpc) is 3.52. The molecule has 0 atom stereocenters. The summed E-state index contributed by atoms with van der Waals surface area (Å²) in [6, 6.07) is 15.4. The van der Waals surface area contributed by atoms with Crippen LogP contribution in [-0.2, 0) is 18.3 Å². The second-order valence-corrected chi connectivity index (χ2v) is 12.4. The molecule has 0 radical (unpaired) electrons. The first-order valence-corrected chi connectivity index (χ1v) is 14.4. The normalized spacial score (nSPS) is 11.5. The van der Waals surface area contributed by atoms with Gasteiger partial charge in [-0.2, -0.15) is 5.10 Å². The maximum atomic E-state index is 11.7. The Morgan fingerprint density at radius 2 is 1.69 bits per heavy atom. The van der Waals surface area contributed by atoms with Crippen molar-refractivity contribution >= 4 is 50.2 Å². The van der Waals surface area contributed by atoms with Crippen LogP contribution in [0.2, 0.25) is 5.02 Å². The maximum absolute atomic E-state index is 11.7. The first-order valence-electron chi connectivity index (χ1n) is 13.2. The average molecular weight is 600 g/mol. The number of fused-ring (bicyclic) bond motifs is 2. The van der Waals surface area contributed by atoms with Crippen molar-refractivity contribution in [2.45, 2.75) is 39.7 Å². The van der Waals surface area contributed by atoms with Crippen LogP contribution < -0.4 is 0 Å². The maximum Gasteiger partial charge on any atom is 0.307 e. The predicted molar refractivity (Wildman–Crippen MR) is 169 cm³/mol. The van der Waals surface area contributed by atoms with Gasteiger partial charge in [-0.1, -0.05) is 23.7 Å². The smallest absolute Gasteiger partial charge is 0.307 e. The molecule has 0 fully saturated rings. The summed E-state index contributed by atoms with van der Waals surface area (Å²) in [6.45, 7) is 7.16. The number of pyridine rings is 2. The van der Waals surface area contributed by atoms with Crippen LogP contribution in [-0.4, -0.2) is 46.5 Å². The van der Waals surface area contributed by atoms with E-state index in [-0.39, 0.29) is 6.42 Å². The fourth-order valence-corrected chi connectivity index (χ4v) is 5.81. The van der Waals surface area contributed by atoms with Gasteiger partial charge in [-0.05, 0) is 80.8 Å². The van der Waals surface area contributed by atoms with Gasteiger partial charge in [0.2, 0.25) is 0 Å². The molecule has 214 valence electrons. The largest absolute Gasteiger partial charge is 0.481 e. The molecule has 0 bridgehead atoms. The molecule has 0 unspecified atom stereocenters. The Morgan fingerprint density at radius 1 is 0.976 bits per heavy atom. The van der Waals surface area contributed by atoms with Crippen LogP contribution in [0.5, 0.6) is 0 Å². The second kappa shape index (κ2) is 11.6. The van der Waals surface area contributed by atoms with E-state index in [1.54, 1.807) is 55.4 Å². The summed E-state index contributed by atoms with van der Waals surface area (Å²) < 4.78 is 2.73. The quantitative estimate of drug-likeness (QED) is 0.213. The van der Waals surface area contributed by atoms with Gasteiger partial charge in [-0.3, -0.25) is 19.4 Å². The molecule has 8 nitrogen and oxygen atoms in total.